The van der Waals surface area contributed by atoms with Crippen molar-refractivity contribution in [3.05, 3.63) is 53.5 Å². The van der Waals surface area contributed by atoms with E-state index in [-0.39, 0.29) is 18.1 Å². The minimum Gasteiger partial charge on any atom is -0.465 e. The van der Waals surface area contributed by atoms with Crippen molar-refractivity contribution in [3.63, 3.8) is 0 Å². The van der Waals surface area contributed by atoms with Crippen molar-refractivity contribution in [2.24, 2.45) is 5.92 Å². The van der Waals surface area contributed by atoms with Crippen LogP contribution in [-0.2, 0) is 20.9 Å². The van der Waals surface area contributed by atoms with Gasteiger partial charge in [-0.05, 0) is 31.0 Å². The molecule has 0 saturated carbocycles. The van der Waals surface area contributed by atoms with Gasteiger partial charge in [-0.25, -0.2) is 14.4 Å². The zero-order valence-electron chi connectivity index (χ0n) is 16.3. The van der Waals surface area contributed by atoms with Crippen LogP contribution in [0.1, 0.15) is 35.7 Å². The maximum atomic E-state index is 12.4. The number of anilines is 1. The van der Waals surface area contributed by atoms with E-state index < -0.39 is 24.0 Å². The maximum absolute atomic E-state index is 12.4. The van der Waals surface area contributed by atoms with Crippen LogP contribution in [0.25, 0.3) is 0 Å². The average molecular weight is 388 g/mol. The zero-order chi connectivity index (χ0) is 20.7. The van der Waals surface area contributed by atoms with Gasteiger partial charge in [-0.15, -0.1) is 0 Å². The number of para-hydroxylation sites is 1. The molecule has 0 radical (unpaired) electrons. The quantitative estimate of drug-likeness (QED) is 0.705. The Balaban J connectivity index is 1.95. The molecule has 2 aromatic rings. The van der Waals surface area contributed by atoms with E-state index in [1.165, 1.54) is 13.2 Å². The summed E-state index contributed by atoms with van der Waals surface area (Å²) in [5.41, 5.74) is 0.881. The molecule has 1 atom stereocenters. The van der Waals surface area contributed by atoms with E-state index in [0.717, 1.165) is 0 Å². The van der Waals surface area contributed by atoms with Crippen molar-refractivity contribution in [3.8, 4) is 0 Å². The molecule has 1 aromatic heterocycles. The van der Waals surface area contributed by atoms with Crippen LogP contribution in [-0.4, -0.2) is 31.1 Å². The summed E-state index contributed by atoms with van der Waals surface area (Å²) in [4.78, 5) is 36.2. The van der Waals surface area contributed by atoms with Gasteiger partial charge in [0.1, 0.15) is 29.7 Å². The van der Waals surface area contributed by atoms with Crippen LogP contribution in [0.15, 0.2) is 40.8 Å². The van der Waals surface area contributed by atoms with E-state index in [0.29, 0.717) is 17.2 Å². The molecule has 28 heavy (non-hydrogen) atoms. The summed E-state index contributed by atoms with van der Waals surface area (Å²) in [7, 11) is 1.27. The summed E-state index contributed by atoms with van der Waals surface area (Å²) in [6.45, 7) is 5.04. The third-order valence-electron chi connectivity index (χ3n) is 3.97. The molecular weight excluding hydrogens is 364 g/mol. The van der Waals surface area contributed by atoms with Gasteiger partial charge in [0, 0.05) is 5.69 Å². The highest BCUT2D eigenvalue weighted by Gasteiger charge is 2.26. The molecule has 8 heteroatoms. The second-order valence-corrected chi connectivity index (χ2v) is 6.47. The molecular formula is C20H24N2O6. The van der Waals surface area contributed by atoms with Crippen molar-refractivity contribution in [1.82, 2.24) is 5.32 Å². The summed E-state index contributed by atoms with van der Waals surface area (Å²) < 4.78 is 15.3. The van der Waals surface area contributed by atoms with Crippen molar-refractivity contribution < 1.29 is 28.3 Å². The molecule has 0 spiro atoms. The average Bonchev–Trinajstić information content (AvgIpc) is 3.04. The number of ether oxygens (including phenoxy) is 2. The van der Waals surface area contributed by atoms with Crippen LogP contribution in [0.5, 0.6) is 0 Å². The Bertz CT molecular complexity index is 828. The van der Waals surface area contributed by atoms with Crippen LogP contribution in [0.3, 0.4) is 0 Å². The lowest BCUT2D eigenvalue weighted by Gasteiger charge is -2.20. The molecule has 150 valence electrons. The summed E-state index contributed by atoms with van der Waals surface area (Å²) in [6, 6.07) is 8.99. The normalized spacial score (nSPS) is 11.6. The highest BCUT2D eigenvalue weighted by molar-refractivity contribution is 5.92. The van der Waals surface area contributed by atoms with Gasteiger partial charge in [-0.2, -0.15) is 0 Å². The van der Waals surface area contributed by atoms with Crippen molar-refractivity contribution in [2.45, 2.75) is 33.4 Å². The highest BCUT2D eigenvalue weighted by atomic mass is 16.5. The molecule has 2 amide bonds. The summed E-state index contributed by atoms with van der Waals surface area (Å²) in [6.07, 6.45) is 0. The van der Waals surface area contributed by atoms with E-state index in [9.17, 15) is 14.4 Å². The fourth-order valence-electron chi connectivity index (χ4n) is 2.49. The van der Waals surface area contributed by atoms with E-state index in [4.69, 9.17) is 9.15 Å². The topological polar surface area (TPSA) is 107 Å². The minimum absolute atomic E-state index is 0.165. The fourth-order valence-corrected chi connectivity index (χ4v) is 2.49. The third-order valence-corrected chi connectivity index (χ3v) is 3.97. The van der Waals surface area contributed by atoms with Crippen molar-refractivity contribution >= 4 is 23.7 Å². The second-order valence-electron chi connectivity index (χ2n) is 6.47. The number of nitrogens with one attached hydrogen (secondary N) is 2. The van der Waals surface area contributed by atoms with Crippen molar-refractivity contribution in [1.29, 1.82) is 0 Å². The number of furan rings is 1. The number of hydrogen-bond donors (Lipinski definition) is 2. The van der Waals surface area contributed by atoms with Gasteiger partial charge in [-0.3, -0.25) is 0 Å². The third kappa shape index (κ3) is 5.60. The molecule has 8 nitrogen and oxygen atoms in total. The molecule has 0 fully saturated rings. The Morgan fingerprint density at radius 3 is 2.43 bits per heavy atom. The molecule has 0 aliphatic heterocycles. The SMILES string of the molecule is COC(=O)c1cc(COC(=O)[C@H](NC(=O)Nc2ccccc2)C(C)C)oc1C. The summed E-state index contributed by atoms with van der Waals surface area (Å²) >= 11 is 0. The standard InChI is InChI=1S/C20H24N2O6/c1-12(2)17(22-20(25)21-14-8-6-5-7-9-14)19(24)27-11-15-10-16(13(3)28-15)18(23)26-4/h5-10,12,17H,11H2,1-4H3,(H2,21,22,25)/t17-/m1/s1. The number of hydrogen-bond acceptors (Lipinski definition) is 6. The molecule has 2 N–H and O–H groups in total. The molecule has 0 saturated heterocycles. The first-order chi connectivity index (χ1) is 13.3. The predicted octanol–water partition coefficient (Wildman–Crippen LogP) is 3.26. The lowest BCUT2D eigenvalue weighted by molar-refractivity contribution is -0.148. The first kappa shape index (κ1) is 21.0. The van der Waals surface area contributed by atoms with Crippen LogP contribution in [0.2, 0.25) is 0 Å². The van der Waals surface area contributed by atoms with E-state index in [1.54, 1.807) is 45.0 Å². The summed E-state index contributed by atoms with van der Waals surface area (Å²) in [5.74, 6) is -0.649. The van der Waals surface area contributed by atoms with Gasteiger partial charge in [-0.1, -0.05) is 32.0 Å². The van der Waals surface area contributed by atoms with Gasteiger partial charge in [0.2, 0.25) is 0 Å². The van der Waals surface area contributed by atoms with Crippen molar-refractivity contribution in [2.75, 3.05) is 12.4 Å². The van der Waals surface area contributed by atoms with Gasteiger partial charge in [0.25, 0.3) is 0 Å². The second kappa shape index (κ2) is 9.59. The smallest absolute Gasteiger partial charge is 0.341 e. The largest absolute Gasteiger partial charge is 0.465 e. The monoisotopic (exact) mass is 388 g/mol. The Kier molecular flexibility index (Phi) is 7.20. The predicted molar refractivity (Wildman–Crippen MR) is 102 cm³/mol. The van der Waals surface area contributed by atoms with Crippen LogP contribution >= 0.6 is 0 Å². The molecule has 0 bridgehead atoms. The lowest BCUT2D eigenvalue weighted by atomic mass is 10.1. The first-order valence-corrected chi connectivity index (χ1v) is 8.78. The van der Waals surface area contributed by atoms with E-state index in [1.807, 2.05) is 6.07 Å². The van der Waals surface area contributed by atoms with Gasteiger partial charge < -0.3 is 24.5 Å². The number of aryl methyl sites for hydroxylation is 1. The Hall–Kier alpha value is -3.29. The molecule has 1 heterocycles. The Labute approximate surface area is 163 Å². The number of methoxy groups -OCH3 is 1. The van der Waals surface area contributed by atoms with Gasteiger partial charge in [0.15, 0.2) is 0 Å². The van der Waals surface area contributed by atoms with Crippen LogP contribution in [0, 0.1) is 12.8 Å². The molecule has 1 aromatic carbocycles. The number of rotatable bonds is 7. The molecule has 0 aliphatic carbocycles. The molecule has 0 aliphatic rings. The van der Waals surface area contributed by atoms with E-state index in [2.05, 4.69) is 15.4 Å². The number of amides is 2. The maximum Gasteiger partial charge on any atom is 0.341 e. The Morgan fingerprint density at radius 1 is 1.14 bits per heavy atom. The number of carbonyl (C=O) groups excluding carboxylic acids is 3. The zero-order valence-corrected chi connectivity index (χ0v) is 16.3. The lowest BCUT2D eigenvalue weighted by Crippen LogP contribution is -2.47. The molecule has 0 unspecified atom stereocenters. The number of esters is 2. The van der Waals surface area contributed by atoms with Gasteiger partial charge >= 0.3 is 18.0 Å². The highest BCUT2D eigenvalue weighted by Crippen LogP contribution is 2.17. The van der Waals surface area contributed by atoms with Crippen LogP contribution in [0.4, 0.5) is 10.5 Å². The summed E-state index contributed by atoms with van der Waals surface area (Å²) in [5, 5.41) is 5.27. The Morgan fingerprint density at radius 2 is 1.82 bits per heavy atom. The van der Waals surface area contributed by atoms with Crippen LogP contribution < -0.4 is 10.6 Å². The minimum atomic E-state index is -0.847. The first-order valence-electron chi connectivity index (χ1n) is 8.78. The number of carbonyl (C=O) groups is 3. The van der Waals surface area contributed by atoms with Gasteiger partial charge in [0.05, 0.1) is 7.11 Å². The molecule has 2 rings (SSSR count). The number of benzene rings is 1. The van der Waals surface area contributed by atoms with E-state index >= 15 is 0 Å². The fraction of sp³-hybridized carbons (Fsp3) is 0.350. The number of urea groups is 1.